The SMILES string of the molecule is c1ccc(-c2ccc(N(c3ccc(-c4ccccc4)cc3)c3cccc(-c4ccc(-c5ccccc5)cc4-c4ccccc4)c3)cc2)cc1. The minimum Gasteiger partial charge on any atom is -0.310 e. The van der Waals surface area contributed by atoms with Crippen LogP contribution >= 0.6 is 0 Å². The third-order valence-electron chi connectivity index (χ3n) is 9.09. The van der Waals surface area contributed by atoms with Gasteiger partial charge in [-0.1, -0.05) is 170 Å². The smallest absolute Gasteiger partial charge is 0.0467 e. The van der Waals surface area contributed by atoms with Gasteiger partial charge >= 0.3 is 0 Å². The second-order valence-corrected chi connectivity index (χ2v) is 12.2. The van der Waals surface area contributed by atoms with E-state index in [0.717, 1.165) is 17.1 Å². The molecule has 8 rings (SSSR count). The zero-order valence-electron chi connectivity index (χ0n) is 27.2. The Morgan fingerprint density at radius 1 is 0.204 bits per heavy atom. The molecule has 0 unspecified atom stereocenters. The van der Waals surface area contributed by atoms with Crippen LogP contribution in [0, 0.1) is 0 Å². The van der Waals surface area contributed by atoms with Crippen molar-refractivity contribution < 1.29 is 0 Å². The lowest BCUT2D eigenvalue weighted by Gasteiger charge is -2.27. The normalized spacial score (nSPS) is 10.9. The number of hydrogen-bond acceptors (Lipinski definition) is 1. The first kappa shape index (κ1) is 29.9. The molecule has 8 aromatic carbocycles. The maximum atomic E-state index is 2.35. The molecule has 0 aliphatic rings. The molecule has 0 aliphatic carbocycles. The molecule has 0 atom stereocenters. The molecule has 0 saturated carbocycles. The number of hydrogen-bond donors (Lipinski definition) is 0. The number of anilines is 3. The summed E-state index contributed by atoms with van der Waals surface area (Å²) in [5, 5.41) is 0. The molecule has 0 spiro atoms. The monoisotopic (exact) mass is 625 g/mol. The lowest BCUT2D eigenvalue weighted by atomic mass is 9.91. The summed E-state index contributed by atoms with van der Waals surface area (Å²) in [6.45, 7) is 0. The number of nitrogens with zero attached hydrogens (tertiary/aromatic N) is 1. The van der Waals surface area contributed by atoms with E-state index < -0.39 is 0 Å². The molecule has 0 aliphatic heterocycles. The summed E-state index contributed by atoms with van der Waals surface area (Å²) < 4.78 is 0. The summed E-state index contributed by atoms with van der Waals surface area (Å²) in [4.78, 5) is 2.35. The molecular weight excluding hydrogens is 591 g/mol. The van der Waals surface area contributed by atoms with Crippen LogP contribution in [0.4, 0.5) is 17.1 Å². The lowest BCUT2D eigenvalue weighted by molar-refractivity contribution is 1.28. The van der Waals surface area contributed by atoms with Gasteiger partial charge in [-0.15, -0.1) is 0 Å². The van der Waals surface area contributed by atoms with Crippen molar-refractivity contribution in [1.82, 2.24) is 0 Å². The van der Waals surface area contributed by atoms with Crippen LogP contribution in [0.1, 0.15) is 0 Å². The van der Waals surface area contributed by atoms with Gasteiger partial charge in [0.2, 0.25) is 0 Å². The van der Waals surface area contributed by atoms with Crippen LogP contribution < -0.4 is 4.90 Å². The predicted octanol–water partition coefficient (Wildman–Crippen LogP) is 13.5. The van der Waals surface area contributed by atoms with Gasteiger partial charge < -0.3 is 4.90 Å². The Kier molecular flexibility index (Phi) is 8.39. The minimum absolute atomic E-state index is 1.10. The third-order valence-corrected chi connectivity index (χ3v) is 9.09. The van der Waals surface area contributed by atoms with Crippen LogP contribution in [-0.4, -0.2) is 0 Å². The van der Waals surface area contributed by atoms with Crippen molar-refractivity contribution in [2.75, 3.05) is 4.90 Å². The Labute approximate surface area is 289 Å². The summed E-state index contributed by atoms with van der Waals surface area (Å²) in [5.41, 5.74) is 15.3. The molecular formula is C48H35N. The molecule has 49 heavy (non-hydrogen) atoms. The molecule has 0 aromatic heterocycles. The van der Waals surface area contributed by atoms with Gasteiger partial charge in [0.05, 0.1) is 0 Å². The van der Waals surface area contributed by atoms with E-state index in [1.54, 1.807) is 0 Å². The minimum atomic E-state index is 1.10. The van der Waals surface area contributed by atoms with Crippen LogP contribution in [-0.2, 0) is 0 Å². The van der Waals surface area contributed by atoms with Crippen molar-refractivity contribution in [3.8, 4) is 55.6 Å². The summed E-state index contributed by atoms with van der Waals surface area (Å²) in [5.74, 6) is 0. The van der Waals surface area contributed by atoms with Gasteiger partial charge in [0.1, 0.15) is 0 Å². The third kappa shape index (κ3) is 6.43. The van der Waals surface area contributed by atoms with E-state index in [9.17, 15) is 0 Å². The van der Waals surface area contributed by atoms with Crippen molar-refractivity contribution in [2.24, 2.45) is 0 Å². The summed E-state index contributed by atoms with van der Waals surface area (Å²) >= 11 is 0. The van der Waals surface area contributed by atoms with E-state index >= 15 is 0 Å². The molecule has 8 aromatic rings. The van der Waals surface area contributed by atoms with Crippen LogP contribution in [0.5, 0.6) is 0 Å². The molecule has 1 nitrogen and oxygen atoms in total. The molecule has 232 valence electrons. The van der Waals surface area contributed by atoms with Crippen LogP contribution in [0.3, 0.4) is 0 Å². The van der Waals surface area contributed by atoms with Gasteiger partial charge in [-0.3, -0.25) is 0 Å². The Bertz CT molecular complexity index is 2190. The highest BCUT2D eigenvalue weighted by Gasteiger charge is 2.16. The van der Waals surface area contributed by atoms with Gasteiger partial charge in [0.15, 0.2) is 0 Å². The summed E-state index contributed by atoms with van der Waals surface area (Å²) in [6, 6.07) is 76.0. The van der Waals surface area contributed by atoms with Crippen LogP contribution in [0.15, 0.2) is 212 Å². The Morgan fingerprint density at radius 2 is 0.592 bits per heavy atom. The maximum Gasteiger partial charge on any atom is 0.0467 e. The second kappa shape index (κ2) is 13.7. The molecule has 0 bridgehead atoms. The van der Waals surface area contributed by atoms with E-state index in [2.05, 4.69) is 217 Å². The average Bonchev–Trinajstić information content (AvgIpc) is 3.20. The summed E-state index contributed by atoms with van der Waals surface area (Å²) in [6.07, 6.45) is 0. The van der Waals surface area contributed by atoms with Gasteiger partial charge in [0.25, 0.3) is 0 Å². The topological polar surface area (TPSA) is 3.24 Å². The fourth-order valence-corrected chi connectivity index (χ4v) is 6.59. The summed E-state index contributed by atoms with van der Waals surface area (Å²) in [7, 11) is 0. The molecule has 0 saturated heterocycles. The highest BCUT2D eigenvalue weighted by Crippen LogP contribution is 2.41. The van der Waals surface area contributed by atoms with E-state index in [-0.39, 0.29) is 0 Å². The number of rotatable bonds is 8. The second-order valence-electron chi connectivity index (χ2n) is 12.2. The van der Waals surface area contributed by atoms with Crippen LogP contribution in [0.2, 0.25) is 0 Å². The zero-order chi connectivity index (χ0) is 32.8. The first-order valence-corrected chi connectivity index (χ1v) is 16.8. The fraction of sp³-hybridized carbons (Fsp3) is 0. The van der Waals surface area contributed by atoms with Crippen molar-refractivity contribution in [2.45, 2.75) is 0 Å². The highest BCUT2D eigenvalue weighted by molar-refractivity contribution is 5.89. The average molecular weight is 626 g/mol. The van der Waals surface area contributed by atoms with Gasteiger partial charge in [-0.2, -0.15) is 0 Å². The molecule has 0 N–H and O–H groups in total. The van der Waals surface area contributed by atoms with E-state index in [0.29, 0.717) is 0 Å². The highest BCUT2D eigenvalue weighted by atomic mass is 15.1. The number of benzene rings is 8. The Balaban J connectivity index is 1.24. The standard InChI is InChI=1S/C48H35N/c1-5-14-36(15-6-1)39-24-29-44(30-25-39)49(45-31-26-40(27-32-45)37-16-7-2-8-17-37)46-23-13-22-43(34-46)47-33-28-42(38-18-9-3-10-19-38)35-48(47)41-20-11-4-12-21-41/h1-35H. The molecule has 0 radical (unpaired) electrons. The first-order valence-electron chi connectivity index (χ1n) is 16.8. The maximum absolute atomic E-state index is 2.35. The van der Waals surface area contributed by atoms with Crippen molar-refractivity contribution in [1.29, 1.82) is 0 Å². The fourth-order valence-electron chi connectivity index (χ4n) is 6.59. The molecule has 1 heteroatoms. The Hall–Kier alpha value is -6.44. The van der Waals surface area contributed by atoms with Crippen LogP contribution in [0.25, 0.3) is 55.6 Å². The first-order chi connectivity index (χ1) is 24.3. The molecule has 0 amide bonds. The molecule has 0 fully saturated rings. The van der Waals surface area contributed by atoms with E-state index in [1.165, 1.54) is 55.6 Å². The zero-order valence-corrected chi connectivity index (χ0v) is 27.2. The Morgan fingerprint density at radius 3 is 1.08 bits per heavy atom. The van der Waals surface area contributed by atoms with Crippen molar-refractivity contribution in [3.63, 3.8) is 0 Å². The van der Waals surface area contributed by atoms with Gasteiger partial charge in [-0.05, 0) is 98.1 Å². The van der Waals surface area contributed by atoms with Gasteiger partial charge in [-0.25, -0.2) is 0 Å². The van der Waals surface area contributed by atoms with Crippen molar-refractivity contribution >= 4 is 17.1 Å². The van der Waals surface area contributed by atoms with E-state index in [1.807, 2.05) is 0 Å². The largest absolute Gasteiger partial charge is 0.310 e. The van der Waals surface area contributed by atoms with Gasteiger partial charge in [0, 0.05) is 17.1 Å². The van der Waals surface area contributed by atoms with E-state index in [4.69, 9.17) is 0 Å². The van der Waals surface area contributed by atoms with Crippen molar-refractivity contribution in [3.05, 3.63) is 212 Å². The predicted molar refractivity (Wildman–Crippen MR) is 208 cm³/mol. The quantitative estimate of drug-likeness (QED) is 0.162. The lowest BCUT2D eigenvalue weighted by Crippen LogP contribution is -2.10. The molecule has 0 heterocycles.